The van der Waals surface area contributed by atoms with Crippen molar-refractivity contribution < 1.29 is 14.6 Å². The summed E-state index contributed by atoms with van der Waals surface area (Å²) in [4.78, 5) is 0. The van der Waals surface area contributed by atoms with E-state index in [0.29, 0.717) is 13.2 Å². The highest BCUT2D eigenvalue weighted by Crippen LogP contribution is 2.41. The molecule has 1 aliphatic rings. The van der Waals surface area contributed by atoms with Gasteiger partial charge in [-0.1, -0.05) is 12.1 Å². The Hall–Kier alpha value is -1.22. The van der Waals surface area contributed by atoms with Crippen LogP contribution in [0.2, 0.25) is 0 Å². The van der Waals surface area contributed by atoms with Crippen LogP contribution in [-0.4, -0.2) is 23.9 Å². The highest BCUT2D eigenvalue weighted by molar-refractivity contribution is 5.50. The molecule has 2 rings (SSSR count). The third kappa shape index (κ3) is 2.91. The minimum Gasteiger partial charge on any atom is -0.490 e. The van der Waals surface area contributed by atoms with Gasteiger partial charge in [0.05, 0.1) is 6.61 Å². The largest absolute Gasteiger partial charge is 0.490 e. The Labute approximate surface area is 102 Å². The summed E-state index contributed by atoms with van der Waals surface area (Å²) in [6.45, 7) is 5.33. The molecule has 0 unspecified atom stereocenters. The van der Waals surface area contributed by atoms with Gasteiger partial charge in [-0.3, -0.25) is 0 Å². The van der Waals surface area contributed by atoms with Gasteiger partial charge in [-0.05, 0) is 26.3 Å². The van der Waals surface area contributed by atoms with Crippen molar-refractivity contribution in [1.82, 2.24) is 0 Å². The summed E-state index contributed by atoms with van der Waals surface area (Å²) < 4.78 is 11.7. The molecule has 0 saturated heterocycles. The van der Waals surface area contributed by atoms with Crippen LogP contribution in [0.5, 0.6) is 11.5 Å². The van der Waals surface area contributed by atoms with Crippen LogP contribution < -0.4 is 9.47 Å². The van der Waals surface area contributed by atoms with Crippen molar-refractivity contribution in [3.8, 4) is 11.5 Å². The Morgan fingerprint density at radius 2 is 2.18 bits per heavy atom. The molecule has 94 valence electrons. The average Bonchev–Trinajstić information content (AvgIpc) is 2.59. The van der Waals surface area contributed by atoms with E-state index >= 15 is 0 Å². The molecular formula is C14H21O3+. The van der Waals surface area contributed by atoms with Crippen molar-refractivity contribution in [1.29, 1.82) is 0 Å². The quantitative estimate of drug-likeness (QED) is 0.582. The normalized spacial score (nSPS) is 16.4. The Balaban J connectivity index is 2.03. The van der Waals surface area contributed by atoms with Crippen molar-refractivity contribution in [2.75, 3.05) is 13.2 Å². The minimum absolute atomic E-state index is 0.122. The summed E-state index contributed by atoms with van der Waals surface area (Å²) in [5.74, 6) is 1.75. The molecule has 0 saturated carbocycles. The Bertz CT molecular complexity index is 385. The zero-order chi connectivity index (χ0) is 12.3. The lowest BCUT2D eigenvalue weighted by atomic mass is 10.0. The number of benzene rings is 1. The van der Waals surface area contributed by atoms with Gasteiger partial charge in [-0.15, -0.1) is 0 Å². The first kappa shape index (κ1) is 12.2. The first-order chi connectivity index (χ1) is 8.12. The molecule has 0 atom stereocenters. The number of hydrogen-bond acceptors (Lipinski definition) is 2. The van der Waals surface area contributed by atoms with Crippen LogP contribution in [0.3, 0.4) is 0 Å². The summed E-state index contributed by atoms with van der Waals surface area (Å²) in [5.41, 5.74) is 1.11. The molecule has 1 aliphatic heterocycles. The predicted molar refractivity (Wildman–Crippen MR) is 68.1 cm³/mol. The van der Waals surface area contributed by atoms with Crippen LogP contribution in [-0.2, 0) is 6.42 Å². The maximum absolute atomic E-state index is 7.08. The maximum Gasteiger partial charge on any atom is 0.165 e. The smallest absolute Gasteiger partial charge is 0.165 e. The standard InChI is InChI=1S/C14H20O3/c1-14(2)10-11-6-5-7-12(13(11)17-14)16-9-4-3-8-15/h5-7,15H,3-4,8-10H2,1-2H3/p+1. The number of rotatable bonds is 5. The summed E-state index contributed by atoms with van der Waals surface area (Å²) in [7, 11) is 0. The van der Waals surface area contributed by atoms with Gasteiger partial charge in [0.2, 0.25) is 0 Å². The summed E-state index contributed by atoms with van der Waals surface area (Å²) in [5, 5.41) is 7.08. The molecule has 1 aromatic rings. The fourth-order valence-corrected chi connectivity index (χ4v) is 2.11. The lowest BCUT2D eigenvalue weighted by Gasteiger charge is -2.18. The van der Waals surface area contributed by atoms with Crippen LogP contribution in [0.15, 0.2) is 18.2 Å². The van der Waals surface area contributed by atoms with Gasteiger partial charge in [0, 0.05) is 18.4 Å². The zero-order valence-corrected chi connectivity index (χ0v) is 10.6. The second kappa shape index (κ2) is 4.96. The van der Waals surface area contributed by atoms with Gasteiger partial charge in [-0.25, -0.2) is 0 Å². The molecule has 2 N–H and O–H groups in total. The van der Waals surface area contributed by atoms with Crippen LogP contribution in [0, 0.1) is 0 Å². The van der Waals surface area contributed by atoms with Gasteiger partial charge >= 0.3 is 0 Å². The van der Waals surface area contributed by atoms with Gasteiger partial charge in [0.15, 0.2) is 11.5 Å². The van der Waals surface area contributed by atoms with E-state index in [1.165, 1.54) is 5.56 Å². The van der Waals surface area contributed by atoms with E-state index in [1.54, 1.807) is 0 Å². The number of unbranched alkanes of at least 4 members (excludes halogenated alkanes) is 1. The lowest BCUT2D eigenvalue weighted by Crippen LogP contribution is -2.24. The molecule has 0 radical (unpaired) electrons. The average molecular weight is 237 g/mol. The van der Waals surface area contributed by atoms with E-state index < -0.39 is 0 Å². The molecule has 0 amide bonds. The maximum atomic E-state index is 7.08. The van der Waals surface area contributed by atoms with E-state index in [1.807, 2.05) is 12.1 Å². The Kier molecular flexibility index (Phi) is 3.57. The Morgan fingerprint density at radius 3 is 2.94 bits per heavy atom. The zero-order valence-electron chi connectivity index (χ0n) is 10.6. The predicted octanol–water partition coefficient (Wildman–Crippen LogP) is 2.28. The van der Waals surface area contributed by atoms with E-state index in [-0.39, 0.29) is 5.60 Å². The molecule has 0 bridgehead atoms. The first-order valence-electron chi connectivity index (χ1n) is 6.21. The molecule has 0 aliphatic carbocycles. The molecule has 1 heterocycles. The molecule has 0 aromatic heterocycles. The van der Waals surface area contributed by atoms with Crippen molar-refractivity contribution in [3.05, 3.63) is 23.8 Å². The van der Waals surface area contributed by atoms with Crippen LogP contribution in [0.4, 0.5) is 0 Å². The molecule has 17 heavy (non-hydrogen) atoms. The summed E-state index contributed by atoms with van der Waals surface area (Å²) in [6, 6.07) is 6.07. The summed E-state index contributed by atoms with van der Waals surface area (Å²) in [6.07, 6.45) is 2.75. The topological polar surface area (TPSA) is 41.4 Å². The first-order valence-corrected chi connectivity index (χ1v) is 6.21. The second-order valence-electron chi connectivity index (χ2n) is 5.09. The third-order valence-corrected chi connectivity index (χ3v) is 2.88. The highest BCUT2D eigenvalue weighted by atomic mass is 16.5. The highest BCUT2D eigenvalue weighted by Gasteiger charge is 2.32. The lowest BCUT2D eigenvalue weighted by molar-refractivity contribution is 0.131. The third-order valence-electron chi connectivity index (χ3n) is 2.88. The fourth-order valence-electron chi connectivity index (χ4n) is 2.11. The number of ether oxygens (including phenoxy) is 2. The SMILES string of the molecule is CC1(C)Cc2cccc(OCCCC[OH2+])c2O1. The summed E-state index contributed by atoms with van der Waals surface area (Å²) >= 11 is 0. The number of para-hydroxylation sites is 1. The van der Waals surface area contributed by atoms with Gasteiger partial charge < -0.3 is 14.6 Å². The van der Waals surface area contributed by atoms with E-state index in [4.69, 9.17) is 14.6 Å². The molecule has 1 aromatic carbocycles. The van der Waals surface area contributed by atoms with E-state index in [0.717, 1.165) is 30.8 Å². The van der Waals surface area contributed by atoms with Gasteiger partial charge in [-0.2, -0.15) is 0 Å². The minimum atomic E-state index is -0.122. The van der Waals surface area contributed by atoms with Gasteiger partial charge in [0.25, 0.3) is 0 Å². The molecule has 3 nitrogen and oxygen atoms in total. The van der Waals surface area contributed by atoms with Crippen LogP contribution in [0.25, 0.3) is 0 Å². The van der Waals surface area contributed by atoms with Crippen molar-refractivity contribution in [3.63, 3.8) is 0 Å². The van der Waals surface area contributed by atoms with Crippen molar-refractivity contribution in [2.45, 2.75) is 38.7 Å². The van der Waals surface area contributed by atoms with Crippen molar-refractivity contribution in [2.24, 2.45) is 0 Å². The second-order valence-corrected chi connectivity index (χ2v) is 5.09. The number of hydrogen-bond donors (Lipinski definition) is 0. The van der Waals surface area contributed by atoms with Crippen LogP contribution in [0.1, 0.15) is 32.3 Å². The monoisotopic (exact) mass is 237 g/mol. The fraction of sp³-hybridized carbons (Fsp3) is 0.571. The molecular weight excluding hydrogens is 216 g/mol. The van der Waals surface area contributed by atoms with Crippen LogP contribution >= 0.6 is 0 Å². The molecule has 0 fully saturated rings. The molecule has 3 heteroatoms. The van der Waals surface area contributed by atoms with Crippen molar-refractivity contribution >= 4 is 0 Å². The number of fused-ring (bicyclic) bond motifs is 1. The molecule has 0 spiro atoms. The Morgan fingerprint density at radius 1 is 1.35 bits per heavy atom. The van der Waals surface area contributed by atoms with E-state index in [9.17, 15) is 0 Å². The van der Waals surface area contributed by atoms with Gasteiger partial charge in [0.1, 0.15) is 12.2 Å². The van der Waals surface area contributed by atoms with E-state index in [2.05, 4.69) is 19.9 Å².